The highest BCUT2D eigenvalue weighted by Gasteiger charge is 2.26. The monoisotopic (exact) mass is 326 g/mol. The number of aromatic amines is 1. The molecule has 1 heterocycles. The highest BCUT2D eigenvalue weighted by molar-refractivity contribution is 9.09. The predicted molar refractivity (Wildman–Crippen MR) is 78.8 cm³/mol. The maximum atomic E-state index is 12.5. The molecular formula is C14H19BrN2O2. The molecule has 0 radical (unpaired) electrons. The fourth-order valence-electron chi connectivity index (χ4n) is 2.66. The van der Waals surface area contributed by atoms with Crippen molar-refractivity contribution in [2.45, 2.75) is 38.1 Å². The Morgan fingerprint density at radius 3 is 2.68 bits per heavy atom. The van der Waals surface area contributed by atoms with Crippen LogP contribution in [0.1, 0.15) is 42.6 Å². The lowest BCUT2D eigenvalue weighted by molar-refractivity contribution is 0.0645. The van der Waals surface area contributed by atoms with Crippen molar-refractivity contribution in [1.82, 2.24) is 9.88 Å². The summed E-state index contributed by atoms with van der Waals surface area (Å²) in [5.74, 6) is -0.0657. The first kappa shape index (κ1) is 14.3. The Balaban J connectivity index is 2.17. The van der Waals surface area contributed by atoms with Crippen LogP contribution >= 0.6 is 15.9 Å². The summed E-state index contributed by atoms with van der Waals surface area (Å²) in [5.41, 5.74) is 0.160. The number of carbonyl (C=O) groups is 1. The molecule has 1 fully saturated rings. The number of rotatable bonds is 4. The van der Waals surface area contributed by atoms with Gasteiger partial charge in [-0.25, -0.2) is 0 Å². The molecule has 1 aromatic rings. The maximum absolute atomic E-state index is 12.5. The summed E-state index contributed by atoms with van der Waals surface area (Å²) in [6, 6.07) is 5.03. The van der Waals surface area contributed by atoms with Gasteiger partial charge in [-0.15, -0.1) is 0 Å². The molecule has 1 aromatic heterocycles. The number of aromatic nitrogens is 1. The van der Waals surface area contributed by atoms with E-state index in [1.807, 2.05) is 4.90 Å². The van der Waals surface area contributed by atoms with Gasteiger partial charge in [0.05, 0.1) is 0 Å². The van der Waals surface area contributed by atoms with Gasteiger partial charge in [0.2, 0.25) is 5.56 Å². The van der Waals surface area contributed by atoms with Gasteiger partial charge < -0.3 is 9.88 Å². The van der Waals surface area contributed by atoms with Crippen molar-refractivity contribution in [3.05, 3.63) is 34.2 Å². The van der Waals surface area contributed by atoms with Crippen molar-refractivity contribution < 1.29 is 4.79 Å². The lowest BCUT2D eigenvalue weighted by Crippen LogP contribution is -2.43. The SMILES string of the molecule is O=C(c1cccc(=O)[nH]1)N(CCBr)C1CCCCC1. The molecule has 0 aliphatic heterocycles. The first-order chi connectivity index (χ1) is 9.22. The van der Waals surface area contributed by atoms with Crippen molar-refractivity contribution in [2.75, 3.05) is 11.9 Å². The van der Waals surface area contributed by atoms with Crippen molar-refractivity contribution >= 4 is 21.8 Å². The minimum absolute atomic E-state index is 0.0657. The van der Waals surface area contributed by atoms with E-state index in [4.69, 9.17) is 0 Å². The van der Waals surface area contributed by atoms with Crippen molar-refractivity contribution in [2.24, 2.45) is 0 Å². The molecule has 1 aliphatic carbocycles. The first-order valence-corrected chi connectivity index (χ1v) is 7.91. The van der Waals surface area contributed by atoms with Gasteiger partial charge in [-0.1, -0.05) is 41.3 Å². The number of nitrogens with zero attached hydrogens (tertiary/aromatic N) is 1. The van der Waals surface area contributed by atoms with E-state index in [9.17, 15) is 9.59 Å². The van der Waals surface area contributed by atoms with Crippen LogP contribution in [0, 0.1) is 0 Å². The molecule has 0 unspecified atom stereocenters. The summed E-state index contributed by atoms with van der Waals surface area (Å²) in [6.45, 7) is 0.681. The average Bonchev–Trinajstić information content (AvgIpc) is 2.45. The third-order valence-electron chi connectivity index (χ3n) is 3.60. The van der Waals surface area contributed by atoms with E-state index in [-0.39, 0.29) is 11.5 Å². The van der Waals surface area contributed by atoms with Gasteiger partial charge in [0.25, 0.3) is 5.91 Å². The number of alkyl halides is 1. The van der Waals surface area contributed by atoms with Crippen LogP contribution in [0.4, 0.5) is 0 Å². The summed E-state index contributed by atoms with van der Waals surface area (Å²) in [4.78, 5) is 28.4. The van der Waals surface area contributed by atoms with Crippen LogP contribution in [0.3, 0.4) is 0 Å². The molecule has 1 amide bonds. The second-order valence-corrected chi connectivity index (χ2v) is 5.70. The predicted octanol–water partition coefficient (Wildman–Crippen LogP) is 2.54. The molecule has 0 bridgehead atoms. The van der Waals surface area contributed by atoms with E-state index < -0.39 is 0 Å². The summed E-state index contributed by atoms with van der Waals surface area (Å²) in [5, 5.41) is 0.756. The third-order valence-corrected chi connectivity index (χ3v) is 3.96. The Labute approximate surface area is 121 Å². The van der Waals surface area contributed by atoms with E-state index in [0.29, 0.717) is 18.3 Å². The van der Waals surface area contributed by atoms with E-state index in [1.165, 1.54) is 25.3 Å². The van der Waals surface area contributed by atoms with Gasteiger partial charge in [-0.05, 0) is 18.9 Å². The summed E-state index contributed by atoms with van der Waals surface area (Å²) in [7, 11) is 0. The second-order valence-electron chi connectivity index (χ2n) is 4.91. The topological polar surface area (TPSA) is 53.2 Å². The molecule has 104 valence electrons. The number of carbonyl (C=O) groups excluding carboxylic acids is 1. The fraction of sp³-hybridized carbons (Fsp3) is 0.571. The van der Waals surface area contributed by atoms with E-state index >= 15 is 0 Å². The Morgan fingerprint density at radius 1 is 1.32 bits per heavy atom. The molecule has 1 aliphatic rings. The Morgan fingerprint density at radius 2 is 2.05 bits per heavy atom. The third kappa shape index (κ3) is 3.69. The quantitative estimate of drug-likeness (QED) is 0.864. The summed E-state index contributed by atoms with van der Waals surface area (Å²) >= 11 is 3.41. The van der Waals surface area contributed by atoms with Crippen LogP contribution in [0.2, 0.25) is 0 Å². The molecule has 0 saturated heterocycles. The van der Waals surface area contributed by atoms with Gasteiger partial charge in [-0.2, -0.15) is 0 Å². The van der Waals surface area contributed by atoms with Gasteiger partial charge in [0.15, 0.2) is 0 Å². The molecule has 19 heavy (non-hydrogen) atoms. The molecule has 1 N–H and O–H groups in total. The second kappa shape index (κ2) is 6.89. The normalized spacial score (nSPS) is 16.3. The van der Waals surface area contributed by atoms with Gasteiger partial charge in [0, 0.05) is 24.0 Å². The van der Waals surface area contributed by atoms with Gasteiger partial charge >= 0.3 is 0 Å². The largest absolute Gasteiger partial charge is 0.334 e. The van der Waals surface area contributed by atoms with E-state index in [2.05, 4.69) is 20.9 Å². The Kier molecular flexibility index (Phi) is 5.19. The number of halogens is 1. The lowest BCUT2D eigenvalue weighted by atomic mass is 9.94. The molecule has 2 rings (SSSR count). The average molecular weight is 327 g/mol. The molecule has 0 spiro atoms. The number of pyridine rings is 1. The van der Waals surface area contributed by atoms with E-state index in [1.54, 1.807) is 12.1 Å². The molecule has 4 nitrogen and oxygen atoms in total. The number of H-pyrrole nitrogens is 1. The first-order valence-electron chi connectivity index (χ1n) is 6.78. The van der Waals surface area contributed by atoms with Crippen molar-refractivity contribution in [3.8, 4) is 0 Å². The van der Waals surface area contributed by atoms with Gasteiger partial charge in [0.1, 0.15) is 5.69 Å². The van der Waals surface area contributed by atoms with Crippen molar-refractivity contribution in [3.63, 3.8) is 0 Å². The maximum Gasteiger partial charge on any atom is 0.270 e. The highest BCUT2D eigenvalue weighted by atomic mass is 79.9. The van der Waals surface area contributed by atoms with Gasteiger partial charge in [-0.3, -0.25) is 9.59 Å². The van der Waals surface area contributed by atoms with Crippen LogP contribution in [0.25, 0.3) is 0 Å². The minimum atomic E-state index is -0.228. The standard InChI is InChI=1S/C14H19BrN2O2/c15-9-10-17(11-5-2-1-3-6-11)14(19)12-7-4-8-13(18)16-12/h4,7-8,11H,1-3,5-6,9-10H2,(H,16,18). The van der Waals surface area contributed by atoms with Crippen LogP contribution in [-0.4, -0.2) is 33.7 Å². The number of hydrogen-bond acceptors (Lipinski definition) is 2. The summed E-state index contributed by atoms with van der Waals surface area (Å²) < 4.78 is 0. The number of hydrogen-bond donors (Lipinski definition) is 1. The lowest BCUT2D eigenvalue weighted by Gasteiger charge is -2.34. The van der Waals surface area contributed by atoms with Crippen LogP contribution in [-0.2, 0) is 0 Å². The smallest absolute Gasteiger partial charge is 0.270 e. The zero-order valence-corrected chi connectivity index (χ0v) is 12.5. The van der Waals surface area contributed by atoms with Crippen molar-refractivity contribution in [1.29, 1.82) is 0 Å². The van der Waals surface area contributed by atoms with Crippen LogP contribution in [0.5, 0.6) is 0 Å². The highest BCUT2D eigenvalue weighted by Crippen LogP contribution is 2.23. The zero-order chi connectivity index (χ0) is 13.7. The molecular weight excluding hydrogens is 308 g/mol. The Bertz CT molecular complexity index is 480. The van der Waals surface area contributed by atoms with Crippen LogP contribution in [0.15, 0.2) is 23.0 Å². The molecule has 0 atom stereocenters. The Hall–Kier alpha value is -1.10. The van der Waals surface area contributed by atoms with Crippen LogP contribution < -0.4 is 5.56 Å². The zero-order valence-electron chi connectivity index (χ0n) is 10.9. The van der Waals surface area contributed by atoms with E-state index in [0.717, 1.165) is 18.2 Å². The summed E-state index contributed by atoms with van der Waals surface area (Å²) in [6.07, 6.45) is 5.75. The molecule has 5 heteroatoms. The number of nitrogens with one attached hydrogen (secondary N) is 1. The molecule has 0 aromatic carbocycles. The fourth-order valence-corrected chi connectivity index (χ4v) is 3.04. The number of amides is 1. The molecule has 1 saturated carbocycles. The minimum Gasteiger partial charge on any atom is -0.334 e.